The number of hydrogen-bond acceptors (Lipinski definition) is 3. The molecule has 0 spiro atoms. The molecule has 1 saturated heterocycles. The third-order valence-electron chi connectivity index (χ3n) is 1.74. The van der Waals surface area contributed by atoms with Gasteiger partial charge in [0.1, 0.15) is 0 Å². The zero-order valence-corrected chi connectivity index (χ0v) is 7.02. The average molecular weight is 179 g/mol. The molecule has 1 aliphatic rings. The molecular formula is C5H13N3O2S. The van der Waals surface area contributed by atoms with Crippen LogP contribution in [0.3, 0.4) is 0 Å². The predicted molar refractivity (Wildman–Crippen MR) is 42.1 cm³/mol. The fourth-order valence-corrected chi connectivity index (χ4v) is 1.59. The first kappa shape index (κ1) is 8.92. The zero-order chi connectivity index (χ0) is 8.32. The summed E-state index contributed by atoms with van der Waals surface area (Å²) in [7, 11) is -3.49. The molecule has 0 radical (unpaired) electrons. The molecule has 4 N–H and O–H groups in total. The standard InChI is InChI=1S/C5H13N3O2S/c6-11(9,10)8-4-5-1-2-7-3-5/h5,7-8H,1-4H2,(H2,6,9,10). The van der Waals surface area contributed by atoms with Gasteiger partial charge >= 0.3 is 0 Å². The second-order valence-corrected chi connectivity index (χ2v) is 4.13. The molecular weight excluding hydrogens is 166 g/mol. The molecule has 0 aliphatic carbocycles. The highest BCUT2D eigenvalue weighted by Gasteiger charge is 2.15. The predicted octanol–water partition coefficient (Wildman–Crippen LogP) is -1.61. The molecule has 1 unspecified atom stereocenters. The summed E-state index contributed by atoms with van der Waals surface area (Å²) in [4.78, 5) is 0. The maximum absolute atomic E-state index is 10.4. The Morgan fingerprint density at radius 2 is 2.36 bits per heavy atom. The largest absolute Gasteiger partial charge is 0.316 e. The number of nitrogens with one attached hydrogen (secondary N) is 2. The fraction of sp³-hybridized carbons (Fsp3) is 1.00. The van der Waals surface area contributed by atoms with Crippen molar-refractivity contribution in [2.75, 3.05) is 19.6 Å². The molecule has 1 rings (SSSR count). The van der Waals surface area contributed by atoms with Gasteiger partial charge in [-0.1, -0.05) is 0 Å². The first-order chi connectivity index (χ1) is 5.08. The minimum absolute atomic E-state index is 0.397. The third kappa shape index (κ3) is 3.66. The molecule has 0 aromatic heterocycles. The van der Waals surface area contributed by atoms with Gasteiger partial charge in [0.05, 0.1) is 0 Å². The lowest BCUT2D eigenvalue weighted by Gasteiger charge is -2.06. The van der Waals surface area contributed by atoms with Crippen molar-refractivity contribution in [3.05, 3.63) is 0 Å². The lowest BCUT2D eigenvalue weighted by molar-refractivity contribution is 0.539. The van der Waals surface area contributed by atoms with E-state index < -0.39 is 10.2 Å². The van der Waals surface area contributed by atoms with Crippen LogP contribution in [0.5, 0.6) is 0 Å². The quantitative estimate of drug-likeness (QED) is 0.487. The van der Waals surface area contributed by atoms with Crippen LogP contribution in [0, 0.1) is 5.92 Å². The second-order valence-electron chi connectivity index (χ2n) is 2.75. The molecule has 0 aromatic carbocycles. The van der Waals surface area contributed by atoms with Gasteiger partial charge in [0.2, 0.25) is 0 Å². The van der Waals surface area contributed by atoms with Crippen LogP contribution < -0.4 is 15.2 Å². The van der Waals surface area contributed by atoms with Crippen molar-refractivity contribution in [2.24, 2.45) is 11.1 Å². The maximum Gasteiger partial charge on any atom is 0.274 e. The Morgan fingerprint density at radius 3 is 2.82 bits per heavy atom. The first-order valence-corrected chi connectivity index (χ1v) is 5.10. The average Bonchev–Trinajstić information content (AvgIpc) is 2.32. The highest BCUT2D eigenvalue weighted by molar-refractivity contribution is 7.87. The highest BCUT2D eigenvalue weighted by Crippen LogP contribution is 2.04. The first-order valence-electron chi connectivity index (χ1n) is 3.56. The SMILES string of the molecule is NS(=O)(=O)NCC1CCNC1. The van der Waals surface area contributed by atoms with E-state index in [-0.39, 0.29) is 0 Å². The lowest BCUT2D eigenvalue weighted by atomic mass is 10.1. The summed E-state index contributed by atoms with van der Waals surface area (Å²) in [5.41, 5.74) is 0. The van der Waals surface area contributed by atoms with Crippen molar-refractivity contribution >= 4 is 10.2 Å². The molecule has 0 saturated carbocycles. The van der Waals surface area contributed by atoms with E-state index in [1.54, 1.807) is 0 Å². The molecule has 0 bridgehead atoms. The van der Waals surface area contributed by atoms with E-state index >= 15 is 0 Å². The van der Waals surface area contributed by atoms with Crippen LogP contribution >= 0.6 is 0 Å². The monoisotopic (exact) mass is 179 g/mol. The summed E-state index contributed by atoms with van der Waals surface area (Å²) >= 11 is 0. The molecule has 6 heteroatoms. The second kappa shape index (κ2) is 3.48. The smallest absolute Gasteiger partial charge is 0.274 e. The minimum Gasteiger partial charge on any atom is -0.316 e. The summed E-state index contributed by atoms with van der Waals surface area (Å²) < 4.78 is 23.1. The number of hydrogen-bond donors (Lipinski definition) is 3. The van der Waals surface area contributed by atoms with Crippen LogP contribution in [0.25, 0.3) is 0 Å². The van der Waals surface area contributed by atoms with Gasteiger partial charge in [-0.2, -0.15) is 8.42 Å². The van der Waals surface area contributed by atoms with Crippen LogP contribution in [0.2, 0.25) is 0 Å². The van der Waals surface area contributed by atoms with Crippen molar-refractivity contribution in [1.29, 1.82) is 0 Å². The van der Waals surface area contributed by atoms with Gasteiger partial charge in [-0.05, 0) is 25.4 Å². The van der Waals surface area contributed by atoms with E-state index in [9.17, 15) is 8.42 Å². The van der Waals surface area contributed by atoms with Crippen molar-refractivity contribution in [1.82, 2.24) is 10.0 Å². The van der Waals surface area contributed by atoms with Gasteiger partial charge in [0.15, 0.2) is 0 Å². The summed E-state index contributed by atoms with van der Waals surface area (Å²) in [5, 5.41) is 7.89. The molecule has 0 aromatic rings. The molecule has 11 heavy (non-hydrogen) atoms. The van der Waals surface area contributed by atoms with Crippen molar-refractivity contribution in [2.45, 2.75) is 6.42 Å². The van der Waals surface area contributed by atoms with E-state index in [1.807, 2.05) is 0 Å². The summed E-state index contributed by atoms with van der Waals surface area (Å²) in [5.74, 6) is 0.397. The molecule has 1 fully saturated rings. The Bertz CT molecular complexity index is 208. The van der Waals surface area contributed by atoms with Gasteiger partial charge in [-0.25, -0.2) is 9.86 Å². The normalized spacial score (nSPS) is 25.7. The number of rotatable bonds is 3. The van der Waals surface area contributed by atoms with Crippen LogP contribution in [-0.4, -0.2) is 28.1 Å². The Morgan fingerprint density at radius 1 is 1.64 bits per heavy atom. The topological polar surface area (TPSA) is 84.2 Å². The van der Waals surface area contributed by atoms with Crippen LogP contribution in [0.4, 0.5) is 0 Å². The summed E-state index contributed by atoms with van der Waals surface area (Å²) in [6, 6.07) is 0. The zero-order valence-electron chi connectivity index (χ0n) is 6.21. The van der Waals surface area contributed by atoms with Crippen LogP contribution in [0.1, 0.15) is 6.42 Å². The Hall–Kier alpha value is -0.170. The molecule has 0 amide bonds. The lowest BCUT2D eigenvalue weighted by Crippen LogP contribution is -2.35. The fourth-order valence-electron chi connectivity index (χ4n) is 1.12. The van der Waals surface area contributed by atoms with Crippen molar-refractivity contribution in [3.8, 4) is 0 Å². The maximum atomic E-state index is 10.4. The van der Waals surface area contributed by atoms with E-state index in [1.165, 1.54) is 0 Å². The van der Waals surface area contributed by atoms with Gasteiger partial charge in [-0.3, -0.25) is 0 Å². The van der Waals surface area contributed by atoms with Crippen LogP contribution in [-0.2, 0) is 10.2 Å². The van der Waals surface area contributed by atoms with Gasteiger partial charge in [0, 0.05) is 6.54 Å². The Kier molecular flexibility index (Phi) is 2.83. The highest BCUT2D eigenvalue weighted by atomic mass is 32.2. The molecule has 66 valence electrons. The van der Waals surface area contributed by atoms with Gasteiger partial charge in [0.25, 0.3) is 10.2 Å². The Balaban J connectivity index is 2.22. The number of nitrogens with two attached hydrogens (primary N) is 1. The molecule has 1 heterocycles. The van der Waals surface area contributed by atoms with E-state index in [2.05, 4.69) is 10.0 Å². The van der Waals surface area contributed by atoms with Gasteiger partial charge in [-0.15, -0.1) is 0 Å². The van der Waals surface area contributed by atoms with Crippen molar-refractivity contribution in [3.63, 3.8) is 0 Å². The summed E-state index contributed by atoms with van der Waals surface area (Å²) in [6.07, 6.45) is 1.02. The van der Waals surface area contributed by atoms with E-state index in [0.29, 0.717) is 12.5 Å². The van der Waals surface area contributed by atoms with Crippen LogP contribution in [0.15, 0.2) is 0 Å². The van der Waals surface area contributed by atoms with E-state index in [4.69, 9.17) is 5.14 Å². The molecule has 1 atom stereocenters. The molecule has 1 aliphatic heterocycles. The van der Waals surface area contributed by atoms with Crippen molar-refractivity contribution < 1.29 is 8.42 Å². The third-order valence-corrected chi connectivity index (χ3v) is 2.30. The van der Waals surface area contributed by atoms with Gasteiger partial charge < -0.3 is 5.32 Å². The Labute approximate surface area is 66.5 Å². The van der Waals surface area contributed by atoms with E-state index in [0.717, 1.165) is 19.5 Å². The minimum atomic E-state index is -3.49. The summed E-state index contributed by atoms with van der Waals surface area (Å²) in [6.45, 7) is 2.30. The molecule has 5 nitrogen and oxygen atoms in total.